The number of carboxylic acids is 1. The molecule has 6 nitrogen and oxygen atoms in total. The summed E-state index contributed by atoms with van der Waals surface area (Å²) >= 11 is 0. The lowest BCUT2D eigenvalue weighted by molar-refractivity contribution is -0.136. The van der Waals surface area contributed by atoms with Gasteiger partial charge in [0.1, 0.15) is 30.4 Å². The zero-order valence-electron chi connectivity index (χ0n) is 11.3. The van der Waals surface area contributed by atoms with E-state index < -0.39 is 5.97 Å². The van der Waals surface area contributed by atoms with Crippen LogP contribution >= 0.6 is 0 Å². The Labute approximate surface area is 116 Å². The minimum Gasteiger partial charge on any atom is -0.486 e. The van der Waals surface area contributed by atoms with Crippen molar-refractivity contribution >= 4 is 5.97 Å². The van der Waals surface area contributed by atoms with Crippen LogP contribution in [0.5, 0.6) is 5.75 Å². The van der Waals surface area contributed by atoms with Gasteiger partial charge in [0, 0.05) is 0 Å². The monoisotopic (exact) mass is 273 g/mol. The maximum absolute atomic E-state index is 10.7. The van der Waals surface area contributed by atoms with Gasteiger partial charge in [-0.15, -0.1) is 0 Å². The second-order valence-corrected chi connectivity index (χ2v) is 4.39. The predicted molar refractivity (Wildman–Crippen MR) is 71.4 cm³/mol. The average molecular weight is 273 g/mol. The molecule has 0 saturated heterocycles. The fourth-order valence-electron chi connectivity index (χ4n) is 1.66. The van der Waals surface area contributed by atoms with Gasteiger partial charge in [0.2, 0.25) is 0 Å². The summed E-state index contributed by atoms with van der Waals surface area (Å²) in [7, 11) is 0. The molecule has 0 saturated carbocycles. The molecule has 0 aliphatic rings. The fraction of sp³-hybridized carbons (Fsp3) is 0.286. The third-order valence-corrected chi connectivity index (χ3v) is 2.54. The topological polar surface area (TPSA) is 85.2 Å². The minimum absolute atomic E-state index is 0.180. The Hall–Kier alpha value is -2.50. The van der Waals surface area contributed by atoms with Crippen LogP contribution in [0.3, 0.4) is 0 Å². The van der Waals surface area contributed by atoms with Crippen LogP contribution in [0.2, 0.25) is 0 Å². The highest BCUT2D eigenvalue weighted by Crippen LogP contribution is 2.12. The Morgan fingerprint density at radius 1 is 1.10 bits per heavy atom. The number of nitrogens with zero attached hydrogens (tertiary/aromatic N) is 3. The molecule has 0 spiro atoms. The van der Waals surface area contributed by atoms with E-state index in [1.54, 1.807) is 6.92 Å². The first kappa shape index (κ1) is 13.9. The Kier molecular flexibility index (Phi) is 4.24. The Morgan fingerprint density at radius 2 is 1.75 bits per heavy atom. The molecule has 0 aliphatic heterocycles. The molecule has 1 aromatic heterocycles. The summed E-state index contributed by atoms with van der Waals surface area (Å²) in [6.07, 6.45) is -0.221. The third kappa shape index (κ3) is 4.01. The molecular weight excluding hydrogens is 258 g/mol. The van der Waals surface area contributed by atoms with E-state index in [1.165, 1.54) is 0 Å². The lowest BCUT2D eigenvalue weighted by Crippen LogP contribution is -2.11. The number of carboxylic acid groups (broad SMARTS) is 1. The van der Waals surface area contributed by atoms with E-state index in [2.05, 4.69) is 15.0 Å². The molecule has 2 rings (SSSR count). The number of hydrogen-bond acceptors (Lipinski definition) is 5. The van der Waals surface area contributed by atoms with Crippen LogP contribution in [0.15, 0.2) is 24.3 Å². The van der Waals surface area contributed by atoms with Crippen molar-refractivity contribution in [1.29, 1.82) is 0 Å². The zero-order chi connectivity index (χ0) is 14.5. The van der Waals surface area contributed by atoms with E-state index >= 15 is 0 Å². The third-order valence-electron chi connectivity index (χ3n) is 2.54. The van der Waals surface area contributed by atoms with Crippen LogP contribution in [0.1, 0.15) is 23.0 Å². The summed E-state index contributed by atoms with van der Waals surface area (Å²) in [5, 5.41) is 8.75. The van der Waals surface area contributed by atoms with E-state index in [-0.39, 0.29) is 18.9 Å². The van der Waals surface area contributed by atoms with Crippen LogP contribution in [0.4, 0.5) is 0 Å². The van der Waals surface area contributed by atoms with Crippen molar-refractivity contribution in [2.45, 2.75) is 26.9 Å². The van der Waals surface area contributed by atoms with Crippen molar-refractivity contribution in [3.63, 3.8) is 0 Å². The van der Waals surface area contributed by atoms with E-state index in [4.69, 9.17) is 9.84 Å². The quantitative estimate of drug-likeness (QED) is 0.892. The molecule has 6 heteroatoms. The molecule has 0 aliphatic carbocycles. The van der Waals surface area contributed by atoms with Gasteiger partial charge in [-0.05, 0) is 26.0 Å². The van der Waals surface area contributed by atoms with Crippen molar-refractivity contribution in [2.75, 3.05) is 0 Å². The fourth-order valence-corrected chi connectivity index (χ4v) is 1.66. The molecule has 20 heavy (non-hydrogen) atoms. The smallest absolute Gasteiger partial charge is 0.311 e. The number of ether oxygens (including phenoxy) is 1. The molecule has 104 valence electrons. The van der Waals surface area contributed by atoms with Gasteiger partial charge < -0.3 is 9.84 Å². The number of aliphatic carboxylic acids is 1. The minimum atomic E-state index is -0.971. The van der Waals surface area contributed by atoms with Crippen molar-refractivity contribution in [3.05, 3.63) is 47.3 Å². The molecule has 0 atom stereocenters. The number of carbonyl (C=O) groups is 1. The Balaban J connectivity index is 2.07. The molecular formula is C14H15N3O3. The van der Waals surface area contributed by atoms with E-state index in [1.807, 2.05) is 31.2 Å². The predicted octanol–water partition coefficient (Wildman–Crippen LogP) is 1.69. The first-order valence-corrected chi connectivity index (χ1v) is 6.14. The van der Waals surface area contributed by atoms with Crippen molar-refractivity contribution in [3.8, 4) is 5.75 Å². The summed E-state index contributed by atoms with van der Waals surface area (Å²) in [6, 6.07) is 7.62. The highest BCUT2D eigenvalue weighted by Gasteiger charge is 2.08. The SMILES string of the molecule is Cc1ccc(OCc2nc(C)nc(CC(=O)O)n2)cc1. The Bertz CT molecular complexity index is 612. The molecule has 1 aromatic carbocycles. The summed E-state index contributed by atoms with van der Waals surface area (Å²) in [4.78, 5) is 22.9. The van der Waals surface area contributed by atoms with Gasteiger partial charge in [-0.1, -0.05) is 17.7 Å². The van der Waals surface area contributed by atoms with E-state index in [0.29, 0.717) is 17.4 Å². The highest BCUT2D eigenvalue weighted by atomic mass is 16.5. The summed E-state index contributed by atoms with van der Waals surface area (Å²) in [6.45, 7) is 3.87. The van der Waals surface area contributed by atoms with Crippen LogP contribution in [-0.4, -0.2) is 26.0 Å². The number of aryl methyl sites for hydroxylation is 2. The molecule has 0 amide bonds. The Morgan fingerprint density at radius 3 is 2.40 bits per heavy atom. The molecule has 1 N–H and O–H groups in total. The molecule has 2 aromatic rings. The standard InChI is InChI=1S/C14H15N3O3/c1-9-3-5-11(6-4-9)20-8-13-16-10(2)15-12(17-13)7-14(18)19/h3-6H,7-8H2,1-2H3,(H,18,19). The van der Waals surface area contributed by atoms with Crippen molar-refractivity contribution < 1.29 is 14.6 Å². The van der Waals surface area contributed by atoms with E-state index in [9.17, 15) is 4.79 Å². The second kappa shape index (κ2) is 6.10. The molecule has 0 unspecified atom stereocenters. The van der Waals surface area contributed by atoms with Crippen LogP contribution in [-0.2, 0) is 17.8 Å². The van der Waals surface area contributed by atoms with E-state index in [0.717, 1.165) is 5.56 Å². The first-order valence-electron chi connectivity index (χ1n) is 6.14. The number of benzene rings is 1. The summed E-state index contributed by atoms with van der Waals surface area (Å²) < 4.78 is 5.56. The van der Waals surface area contributed by atoms with Gasteiger partial charge in [-0.3, -0.25) is 4.79 Å². The normalized spacial score (nSPS) is 10.3. The average Bonchev–Trinajstić information content (AvgIpc) is 2.36. The van der Waals surface area contributed by atoms with Gasteiger partial charge in [0.05, 0.1) is 0 Å². The maximum atomic E-state index is 10.7. The van der Waals surface area contributed by atoms with Crippen molar-refractivity contribution in [1.82, 2.24) is 15.0 Å². The molecule has 0 bridgehead atoms. The summed E-state index contributed by atoms with van der Waals surface area (Å²) in [5.41, 5.74) is 1.15. The number of hydrogen-bond donors (Lipinski definition) is 1. The van der Waals surface area contributed by atoms with Gasteiger partial charge in [-0.2, -0.15) is 0 Å². The van der Waals surface area contributed by atoms with Crippen LogP contribution in [0.25, 0.3) is 0 Å². The number of rotatable bonds is 5. The second-order valence-electron chi connectivity index (χ2n) is 4.39. The molecule has 0 radical (unpaired) electrons. The lowest BCUT2D eigenvalue weighted by atomic mass is 10.2. The molecule has 1 heterocycles. The van der Waals surface area contributed by atoms with Gasteiger partial charge in [0.25, 0.3) is 0 Å². The van der Waals surface area contributed by atoms with Gasteiger partial charge in [-0.25, -0.2) is 15.0 Å². The largest absolute Gasteiger partial charge is 0.486 e. The summed E-state index contributed by atoms with van der Waals surface area (Å²) in [5.74, 6) is 0.898. The lowest BCUT2D eigenvalue weighted by Gasteiger charge is -2.07. The first-order chi connectivity index (χ1) is 9.52. The van der Waals surface area contributed by atoms with Crippen LogP contribution < -0.4 is 4.74 Å². The number of aromatic nitrogens is 3. The van der Waals surface area contributed by atoms with Gasteiger partial charge in [0.15, 0.2) is 5.82 Å². The maximum Gasteiger partial charge on any atom is 0.311 e. The van der Waals surface area contributed by atoms with Crippen LogP contribution in [0, 0.1) is 13.8 Å². The molecule has 0 fully saturated rings. The van der Waals surface area contributed by atoms with Gasteiger partial charge >= 0.3 is 5.97 Å². The van der Waals surface area contributed by atoms with Crippen molar-refractivity contribution in [2.24, 2.45) is 0 Å². The highest BCUT2D eigenvalue weighted by molar-refractivity contribution is 5.68. The zero-order valence-corrected chi connectivity index (χ0v) is 11.3.